The predicted octanol–water partition coefficient (Wildman–Crippen LogP) is 4.07. The van der Waals surface area contributed by atoms with Gasteiger partial charge in [-0.05, 0) is 22.5 Å². The molecule has 0 spiro atoms. The van der Waals surface area contributed by atoms with E-state index >= 15 is 0 Å². The van der Waals surface area contributed by atoms with Crippen LogP contribution in [0, 0.1) is 0 Å². The lowest BCUT2D eigenvalue weighted by Crippen LogP contribution is -1.99. The molecule has 1 aromatic rings. The first-order valence-electron chi connectivity index (χ1n) is 5.47. The first-order chi connectivity index (χ1) is 7.79. The van der Waals surface area contributed by atoms with Crippen LogP contribution in [0.15, 0.2) is 40.6 Å². The summed E-state index contributed by atoms with van der Waals surface area (Å²) in [6.07, 6.45) is -0.481. The second kappa shape index (κ2) is 7.82. The summed E-state index contributed by atoms with van der Waals surface area (Å²) in [5.74, 6) is 2.02. The third kappa shape index (κ3) is 4.24. The first kappa shape index (κ1) is 13.7. The number of aliphatic hydroxyl groups excluding tert-OH is 1. The Hall–Kier alpha value is -0.380. The van der Waals surface area contributed by atoms with Crippen molar-refractivity contribution in [1.29, 1.82) is 0 Å². The lowest BCUT2D eigenvalue weighted by atomic mass is 10.1. The molecule has 0 heterocycles. The Kier molecular flexibility index (Phi) is 6.69. The van der Waals surface area contributed by atoms with Crippen molar-refractivity contribution in [3.05, 3.63) is 46.2 Å². The third-order valence-electron chi connectivity index (χ3n) is 2.06. The zero-order valence-corrected chi connectivity index (χ0v) is 11.4. The monoisotopic (exact) mass is 254 g/mol. The number of hydrogen-bond donors (Lipinski definition) is 1. The summed E-state index contributed by atoms with van der Waals surface area (Å²) in [5.41, 5.74) is 0.964. The van der Waals surface area contributed by atoms with Crippen molar-refractivity contribution < 1.29 is 5.11 Å². The molecule has 1 N–H and O–H groups in total. The van der Waals surface area contributed by atoms with Crippen molar-refractivity contribution >= 4 is 23.5 Å². The van der Waals surface area contributed by atoms with Crippen molar-refractivity contribution in [3.8, 4) is 0 Å². The quantitative estimate of drug-likeness (QED) is 0.826. The maximum absolute atomic E-state index is 10.2. The molecular formula is C13H18OS2. The van der Waals surface area contributed by atoms with E-state index in [0.717, 1.165) is 22.0 Å². The van der Waals surface area contributed by atoms with Crippen LogP contribution in [0.1, 0.15) is 25.5 Å². The van der Waals surface area contributed by atoms with Crippen LogP contribution >= 0.6 is 23.5 Å². The Morgan fingerprint density at radius 3 is 2.50 bits per heavy atom. The molecule has 0 aromatic heterocycles. The lowest BCUT2D eigenvalue weighted by Gasteiger charge is -2.14. The normalized spacial score (nSPS) is 13.8. The second-order valence-electron chi connectivity index (χ2n) is 3.22. The van der Waals surface area contributed by atoms with Gasteiger partial charge in [0.2, 0.25) is 0 Å². The van der Waals surface area contributed by atoms with Crippen LogP contribution in [0.3, 0.4) is 0 Å². The molecular weight excluding hydrogens is 236 g/mol. The second-order valence-corrected chi connectivity index (χ2v) is 5.71. The summed E-state index contributed by atoms with van der Waals surface area (Å²) in [6.45, 7) is 4.22. The Bertz CT molecular complexity index is 322. The summed E-state index contributed by atoms with van der Waals surface area (Å²) in [7, 11) is 0. The maximum Gasteiger partial charge on any atom is 0.110 e. The van der Waals surface area contributed by atoms with Gasteiger partial charge in [0.15, 0.2) is 0 Å². The Balaban J connectivity index is 2.78. The number of thioether (sulfide) groups is 2. The van der Waals surface area contributed by atoms with E-state index < -0.39 is 6.10 Å². The van der Waals surface area contributed by atoms with E-state index in [1.165, 1.54) is 0 Å². The molecule has 0 saturated carbocycles. The highest BCUT2D eigenvalue weighted by Gasteiger charge is 2.12. The van der Waals surface area contributed by atoms with Crippen LogP contribution in [-0.2, 0) is 0 Å². The molecule has 0 saturated heterocycles. The van der Waals surface area contributed by atoms with Crippen LogP contribution in [-0.4, -0.2) is 16.6 Å². The molecule has 1 unspecified atom stereocenters. The highest BCUT2D eigenvalue weighted by atomic mass is 32.2. The molecule has 0 bridgehead atoms. The molecule has 1 rings (SSSR count). The third-order valence-corrected chi connectivity index (χ3v) is 3.93. The van der Waals surface area contributed by atoms with Gasteiger partial charge in [0, 0.05) is 4.91 Å². The summed E-state index contributed by atoms with van der Waals surface area (Å²) >= 11 is 3.45. The minimum Gasteiger partial charge on any atom is -0.383 e. The van der Waals surface area contributed by atoms with Gasteiger partial charge in [0.1, 0.15) is 6.10 Å². The fraction of sp³-hybridized carbons (Fsp3) is 0.385. The highest BCUT2D eigenvalue weighted by molar-refractivity contribution is 8.06. The van der Waals surface area contributed by atoms with E-state index in [2.05, 4.69) is 19.3 Å². The molecule has 0 aliphatic rings. The van der Waals surface area contributed by atoms with Gasteiger partial charge < -0.3 is 5.11 Å². The maximum atomic E-state index is 10.2. The molecule has 0 amide bonds. The predicted molar refractivity (Wildman–Crippen MR) is 75.7 cm³/mol. The van der Waals surface area contributed by atoms with Gasteiger partial charge >= 0.3 is 0 Å². The van der Waals surface area contributed by atoms with Gasteiger partial charge in [-0.15, -0.1) is 23.5 Å². The Morgan fingerprint density at radius 2 is 1.94 bits per heavy atom. The van der Waals surface area contributed by atoms with Crippen LogP contribution in [0.25, 0.3) is 0 Å². The number of aliphatic hydroxyl groups is 1. The van der Waals surface area contributed by atoms with Crippen LogP contribution < -0.4 is 0 Å². The summed E-state index contributed by atoms with van der Waals surface area (Å²) in [6, 6.07) is 9.81. The smallest absolute Gasteiger partial charge is 0.110 e. The standard InChI is InChI=1S/C13H18OS2/c1-3-15-10-12(16-4-2)13(14)11-8-6-5-7-9-11/h5-10,13-14H,3-4H2,1-2H3/b12-10-. The van der Waals surface area contributed by atoms with Gasteiger partial charge in [-0.25, -0.2) is 0 Å². The Morgan fingerprint density at radius 1 is 1.25 bits per heavy atom. The van der Waals surface area contributed by atoms with E-state index in [1.807, 2.05) is 30.3 Å². The van der Waals surface area contributed by atoms with Crippen LogP contribution in [0.5, 0.6) is 0 Å². The number of benzene rings is 1. The molecule has 0 fully saturated rings. The molecule has 0 aliphatic carbocycles. The van der Waals surface area contributed by atoms with E-state index in [-0.39, 0.29) is 0 Å². The molecule has 1 aromatic carbocycles. The zero-order chi connectivity index (χ0) is 11.8. The summed E-state index contributed by atoms with van der Waals surface area (Å²) in [5, 5.41) is 12.3. The van der Waals surface area contributed by atoms with Crippen molar-refractivity contribution in [2.75, 3.05) is 11.5 Å². The SMILES string of the molecule is CCS/C=C(\SCC)C(O)c1ccccc1. The van der Waals surface area contributed by atoms with Gasteiger partial charge in [-0.3, -0.25) is 0 Å². The average molecular weight is 254 g/mol. The van der Waals surface area contributed by atoms with E-state index in [0.29, 0.717) is 0 Å². The molecule has 88 valence electrons. The fourth-order valence-electron chi connectivity index (χ4n) is 1.31. The van der Waals surface area contributed by atoms with E-state index in [4.69, 9.17) is 0 Å². The van der Waals surface area contributed by atoms with E-state index in [9.17, 15) is 5.11 Å². The van der Waals surface area contributed by atoms with Gasteiger partial charge in [-0.2, -0.15) is 0 Å². The summed E-state index contributed by atoms with van der Waals surface area (Å²) < 4.78 is 0. The van der Waals surface area contributed by atoms with Crippen molar-refractivity contribution in [3.63, 3.8) is 0 Å². The minimum absolute atomic E-state index is 0.481. The molecule has 0 radical (unpaired) electrons. The fourth-order valence-corrected chi connectivity index (χ4v) is 2.87. The van der Waals surface area contributed by atoms with Crippen LogP contribution in [0.4, 0.5) is 0 Å². The zero-order valence-electron chi connectivity index (χ0n) is 9.72. The first-order valence-corrected chi connectivity index (χ1v) is 7.50. The minimum atomic E-state index is -0.481. The van der Waals surface area contributed by atoms with Crippen molar-refractivity contribution in [2.45, 2.75) is 20.0 Å². The summed E-state index contributed by atoms with van der Waals surface area (Å²) in [4.78, 5) is 1.04. The van der Waals surface area contributed by atoms with Crippen LogP contribution in [0.2, 0.25) is 0 Å². The van der Waals surface area contributed by atoms with Gasteiger partial charge in [0.05, 0.1) is 0 Å². The number of rotatable bonds is 6. The van der Waals surface area contributed by atoms with Gasteiger partial charge in [0.25, 0.3) is 0 Å². The Labute approximate surface area is 106 Å². The van der Waals surface area contributed by atoms with Crippen molar-refractivity contribution in [2.24, 2.45) is 0 Å². The largest absolute Gasteiger partial charge is 0.383 e. The lowest BCUT2D eigenvalue weighted by molar-refractivity contribution is 0.225. The average Bonchev–Trinajstić information content (AvgIpc) is 2.35. The molecule has 16 heavy (non-hydrogen) atoms. The number of hydrogen-bond acceptors (Lipinski definition) is 3. The molecule has 1 nitrogen and oxygen atoms in total. The van der Waals surface area contributed by atoms with E-state index in [1.54, 1.807) is 23.5 Å². The van der Waals surface area contributed by atoms with Gasteiger partial charge in [-0.1, -0.05) is 44.2 Å². The molecule has 0 aliphatic heterocycles. The molecule has 1 atom stereocenters. The molecule has 3 heteroatoms. The highest BCUT2D eigenvalue weighted by Crippen LogP contribution is 2.32. The topological polar surface area (TPSA) is 20.2 Å². The van der Waals surface area contributed by atoms with Crippen molar-refractivity contribution in [1.82, 2.24) is 0 Å².